The first-order chi connectivity index (χ1) is 10.2. The molecule has 1 unspecified atom stereocenters. The van der Waals surface area contributed by atoms with E-state index in [1.54, 1.807) is 6.07 Å². The summed E-state index contributed by atoms with van der Waals surface area (Å²) < 4.78 is 18.9. The Kier molecular flexibility index (Phi) is 6.03. The van der Waals surface area contributed by atoms with Gasteiger partial charge >= 0.3 is 0 Å². The Balaban J connectivity index is 1.98. The normalized spacial score (nSPS) is 12.1. The van der Waals surface area contributed by atoms with E-state index in [2.05, 4.69) is 5.32 Å². The molecule has 0 aliphatic carbocycles. The van der Waals surface area contributed by atoms with Crippen molar-refractivity contribution in [3.8, 4) is 5.75 Å². The molecule has 2 aromatic rings. The van der Waals surface area contributed by atoms with Crippen LogP contribution < -0.4 is 10.1 Å². The number of ether oxygens (including phenoxy) is 1. The molecule has 0 saturated heterocycles. The van der Waals surface area contributed by atoms with Crippen LogP contribution in [0, 0.1) is 5.82 Å². The maximum absolute atomic E-state index is 13.1. The van der Waals surface area contributed by atoms with Crippen molar-refractivity contribution in [2.24, 2.45) is 0 Å². The molecule has 2 rings (SSSR count). The van der Waals surface area contributed by atoms with Crippen LogP contribution in [0.4, 0.5) is 4.39 Å². The van der Waals surface area contributed by atoms with Crippen molar-refractivity contribution in [3.05, 3.63) is 64.9 Å². The van der Waals surface area contributed by atoms with Crippen LogP contribution >= 0.6 is 11.6 Å². The lowest BCUT2D eigenvalue weighted by molar-refractivity contribution is 0.265. The van der Waals surface area contributed by atoms with Gasteiger partial charge in [-0.15, -0.1) is 0 Å². The fourth-order valence-electron chi connectivity index (χ4n) is 2.14. The van der Waals surface area contributed by atoms with E-state index in [-0.39, 0.29) is 11.9 Å². The van der Waals surface area contributed by atoms with Gasteiger partial charge < -0.3 is 10.1 Å². The minimum absolute atomic E-state index is 0.123. The van der Waals surface area contributed by atoms with E-state index in [9.17, 15) is 4.39 Å². The predicted molar refractivity (Wildman–Crippen MR) is 84.5 cm³/mol. The van der Waals surface area contributed by atoms with E-state index in [1.165, 1.54) is 12.1 Å². The highest BCUT2D eigenvalue weighted by Crippen LogP contribution is 2.19. The Bertz CT molecular complexity index is 562. The number of hydrogen-bond donors (Lipinski definition) is 1. The lowest BCUT2D eigenvalue weighted by Crippen LogP contribution is -2.36. The molecule has 0 amide bonds. The molecule has 0 aliphatic rings. The summed E-state index contributed by atoms with van der Waals surface area (Å²) in [6.07, 6.45) is 0.694. The fraction of sp³-hybridized carbons (Fsp3) is 0.294. The van der Waals surface area contributed by atoms with Gasteiger partial charge in [-0.25, -0.2) is 4.39 Å². The third-order valence-corrected chi connectivity index (χ3v) is 3.52. The van der Waals surface area contributed by atoms with Crippen molar-refractivity contribution >= 4 is 11.6 Å². The number of para-hydroxylation sites is 1. The van der Waals surface area contributed by atoms with Gasteiger partial charge in [-0.1, -0.05) is 42.8 Å². The molecule has 21 heavy (non-hydrogen) atoms. The lowest BCUT2D eigenvalue weighted by Gasteiger charge is -2.19. The molecule has 4 heteroatoms. The Morgan fingerprint density at radius 1 is 1.19 bits per heavy atom. The molecule has 0 bridgehead atoms. The van der Waals surface area contributed by atoms with Crippen molar-refractivity contribution in [3.63, 3.8) is 0 Å². The van der Waals surface area contributed by atoms with Crippen molar-refractivity contribution in [2.45, 2.75) is 19.4 Å². The first-order valence-corrected chi connectivity index (χ1v) is 7.42. The summed E-state index contributed by atoms with van der Waals surface area (Å²) in [6.45, 7) is 3.41. The second-order valence-electron chi connectivity index (χ2n) is 4.82. The van der Waals surface area contributed by atoms with E-state index in [0.717, 1.165) is 17.9 Å². The van der Waals surface area contributed by atoms with Gasteiger partial charge in [-0.2, -0.15) is 0 Å². The highest BCUT2D eigenvalue weighted by molar-refractivity contribution is 6.31. The Labute approximate surface area is 129 Å². The van der Waals surface area contributed by atoms with Gasteiger partial charge in [0.25, 0.3) is 0 Å². The Morgan fingerprint density at radius 2 is 1.95 bits per heavy atom. The third kappa shape index (κ3) is 5.03. The second kappa shape index (κ2) is 8.01. The van der Waals surface area contributed by atoms with Crippen LogP contribution in [0.25, 0.3) is 0 Å². The topological polar surface area (TPSA) is 21.3 Å². The predicted octanol–water partition coefficient (Wildman–Crippen LogP) is 4.08. The molecular formula is C17H19ClFNO. The van der Waals surface area contributed by atoms with Crippen molar-refractivity contribution in [1.29, 1.82) is 0 Å². The molecule has 0 aromatic heterocycles. The molecule has 0 spiro atoms. The Morgan fingerprint density at radius 3 is 2.62 bits per heavy atom. The van der Waals surface area contributed by atoms with E-state index in [4.69, 9.17) is 16.3 Å². The van der Waals surface area contributed by atoms with Crippen LogP contribution in [0.1, 0.15) is 12.5 Å². The summed E-state index contributed by atoms with van der Waals surface area (Å²) in [6, 6.07) is 14.3. The summed E-state index contributed by atoms with van der Waals surface area (Å²) in [5, 5.41) is 3.82. The van der Waals surface area contributed by atoms with Crippen LogP contribution in [0.3, 0.4) is 0 Å². The van der Waals surface area contributed by atoms with E-state index >= 15 is 0 Å². The smallest absolute Gasteiger partial charge is 0.124 e. The first kappa shape index (κ1) is 15.8. The number of halogens is 2. The van der Waals surface area contributed by atoms with E-state index < -0.39 is 0 Å². The lowest BCUT2D eigenvalue weighted by atomic mass is 10.1. The second-order valence-corrected chi connectivity index (χ2v) is 5.23. The zero-order valence-electron chi connectivity index (χ0n) is 12.0. The van der Waals surface area contributed by atoms with Gasteiger partial charge in [0.2, 0.25) is 0 Å². The molecule has 2 aromatic carbocycles. The molecular weight excluding hydrogens is 289 g/mol. The minimum Gasteiger partial charge on any atom is -0.492 e. The van der Waals surface area contributed by atoms with Crippen LogP contribution in [-0.2, 0) is 6.42 Å². The van der Waals surface area contributed by atoms with Gasteiger partial charge in [-0.05, 0) is 42.8 Å². The minimum atomic E-state index is -0.315. The summed E-state index contributed by atoms with van der Waals surface area (Å²) >= 11 is 6.08. The van der Waals surface area contributed by atoms with Gasteiger partial charge in [0.1, 0.15) is 18.2 Å². The zero-order chi connectivity index (χ0) is 15.1. The molecule has 112 valence electrons. The zero-order valence-corrected chi connectivity index (χ0v) is 12.7. The van der Waals surface area contributed by atoms with E-state index in [0.29, 0.717) is 18.1 Å². The molecule has 1 N–H and O–H groups in total. The Hall–Kier alpha value is -1.58. The average Bonchev–Trinajstić information content (AvgIpc) is 2.49. The van der Waals surface area contributed by atoms with Gasteiger partial charge in [0.05, 0.1) is 0 Å². The summed E-state index contributed by atoms with van der Waals surface area (Å²) in [5.41, 5.74) is 0.917. The molecule has 1 atom stereocenters. The quantitative estimate of drug-likeness (QED) is 0.832. The van der Waals surface area contributed by atoms with Crippen molar-refractivity contribution in [2.75, 3.05) is 13.2 Å². The maximum atomic E-state index is 13.1. The first-order valence-electron chi connectivity index (χ1n) is 7.04. The molecule has 0 heterocycles. The SMILES string of the molecule is CCNC(COc1ccccc1)Cc1ccc(F)cc1Cl. The van der Waals surface area contributed by atoms with Gasteiger partial charge in [-0.3, -0.25) is 0 Å². The largest absolute Gasteiger partial charge is 0.492 e. The molecule has 0 fully saturated rings. The molecule has 0 aliphatic heterocycles. The van der Waals surface area contributed by atoms with Crippen LogP contribution in [0.2, 0.25) is 5.02 Å². The van der Waals surface area contributed by atoms with Crippen LogP contribution in [0.15, 0.2) is 48.5 Å². The summed E-state index contributed by atoms with van der Waals surface area (Å²) in [4.78, 5) is 0. The molecule has 2 nitrogen and oxygen atoms in total. The standard InChI is InChI=1S/C17H19ClFNO/c1-2-20-15(12-21-16-6-4-3-5-7-16)10-13-8-9-14(19)11-17(13)18/h3-9,11,15,20H,2,10,12H2,1H3. The number of likely N-dealkylation sites (N-methyl/N-ethyl adjacent to an activating group) is 1. The summed E-state index contributed by atoms with van der Waals surface area (Å²) in [5.74, 6) is 0.523. The van der Waals surface area contributed by atoms with Gasteiger partial charge in [0.15, 0.2) is 0 Å². The monoisotopic (exact) mass is 307 g/mol. The van der Waals surface area contributed by atoms with Crippen molar-refractivity contribution < 1.29 is 9.13 Å². The maximum Gasteiger partial charge on any atom is 0.124 e. The van der Waals surface area contributed by atoms with Crippen LogP contribution in [0.5, 0.6) is 5.75 Å². The highest BCUT2D eigenvalue weighted by atomic mass is 35.5. The van der Waals surface area contributed by atoms with Crippen LogP contribution in [-0.4, -0.2) is 19.2 Å². The number of benzene rings is 2. The fourth-order valence-corrected chi connectivity index (χ4v) is 2.39. The van der Waals surface area contributed by atoms with Gasteiger partial charge in [0, 0.05) is 11.1 Å². The number of nitrogens with one attached hydrogen (secondary N) is 1. The number of rotatable bonds is 7. The summed E-state index contributed by atoms with van der Waals surface area (Å²) in [7, 11) is 0. The van der Waals surface area contributed by atoms with Crippen molar-refractivity contribution in [1.82, 2.24) is 5.32 Å². The molecule has 0 radical (unpaired) electrons. The van der Waals surface area contributed by atoms with E-state index in [1.807, 2.05) is 37.3 Å². The molecule has 0 saturated carbocycles. The highest BCUT2D eigenvalue weighted by Gasteiger charge is 2.12. The average molecular weight is 308 g/mol. The third-order valence-electron chi connectivity index (χ3n) is 3.17. The number of hydrogen-bond acceptors (Lipinski definition) is 2.